The van der Waals surface area contributed by atoms with E-state index in [2.05, 4.69) is 46.7 Å². The highest BCUT2D eigenvalue weighted by atomic mass is 32.2. The molecule has 0 spiro atoms. The zero-order valence-corrected chi connectivity index (χ0v) is 18.1. The third kappa shape index (κ3) is 4.18. The minimum atomic E-state index is -3.72. The van der Waals surface area contributed by atoms with Crippen molar-refractivity contribution in [3.05, 3.63) is 53.6 Å². The molecule has 0 bridgehead atoms. The van der Waals surface area contributed by atoms with Crippen LogP contribution in [0.25, 0.3) is 0 Å². The van der Waals surface area contributed by atoms with E-state index < -0.39 is 10.0 Å². The van der Waals surface area contributed by atoms with Gasteiger partial charge in [-0.15, -0.1) is 4.40 Å². The second-order valence-electron chi connectivity index (χ2n) is 7.79. The number of benzene rings is 2. The van der Waals surface area contributed by atoms with Crippen LogP contribution in [0.5, 0.6) is 0 Å². The number of anilines is 2. The Labute approximate surface area is 177 Å². The van der Waals surface area contributed by atoms with Crippen molar-refractivity contribution in [3.8, 4) is 0 Å². The number of nitrogens with one attached hydrogen (secondary N) is 1. The molecule has 0 saturated carbocycles. The SMILES string of the molecule is Cc1ccc(N2CCN(C(=O)CCC3=NS(=O)(=O)c4ccccc4N3)CC2)c(C)c1. The summed E-state index contributed by atoms with van der Waals surface area (Å²) in [5.74, 6) is 0.340. The van der Waals surface area contributed by atoms with Crippen LogP contribution in [-0.4, -0.2) is 51.2 Å². The Balaban J connectivity index is 1.33. The third-order valence-corrected chi connectivity index (χ3v) is 6.95. The molecule has 0 unspecified atom stereocenters. The zero-order chi connectivity index (χ0) is 21.3. The van der Waals surface area contributed by atoms with E-state index in [-0.39, 0.29) is 23.6 Å². The van der Waals surface area contributed by atoms with E-state index >= 15 is 0 Å². The highest BCUT2D eigenvalue weighted by Crippen LogP contribution is 2.27. The molecular weight excluding hydrogens is 400 g/mol. The fourth-order valence-electron chi connectivity index (χ4n) is 4.02. The van der Waals surface area contributed by atoms with Gasteiger partial charge >= 0.3 is 0 Å². The second-order valence-corrected chi connectivity index (χ2v) is 9.36. The quantitative estimate of drug-likeness (QED) is 0.813. The number of sulfonamides is 1. The Bertz CT molecular complexity index is 1100. The Kier molecular flexibility index (Phi) is 5.51. The number of fused-ring (bicyclic) bond motifs is 1. The van der Waals surface area contributed by atoms with Gasteiger partial charge in [0.1, 0.15) is 10.7 Å². The average Bonchev–Trinajstić information content (AvgIpc) is 2.72. The fraction of sp³-hybridized carbons (Fsp3) is 0.364. The van der Waals surface area contributed by atoms with Crippen molar-refractivity contribution in [3.63, 3.8) is 0 Å². The van der Waals surface area contributed by atoms with Crippen LogP contribution in [0.4, 0.5) is 11.4 Å². The summed E-state index contributed by atoms with van der Waals surface area (Å²) in [6.45, 7) is 7.10. The van der Waals surface area contributed by atoms with Crippen LogP contribution in [0, 0.1) is 13.8 Å². The molecule has 8 heteroatoms. The number of carbonyl (C=O) groups excluding carboxylic acids is 1. The molecule has 2 heterocycles. The summed E-state index contributed by atoms with van der Waals surface area (Å²) >= 11 is 0. The molecule has 1 N–H and O–H groups in total. The van der Waals surface area contributed by atoms with E-state index in [4.69, 9.17) is 0 Å². The van der Waals surface area contributed by atoms with Gasteiger partial charge in [0.2, 0.25) is 5.91 Å². The van der Waals surface area contributed by atoms with Crippen LogP contribution in [-0.2, 0) is 14.8 Å². The van der Waals surface area contributed by atoms with E-state index in [0.29, 0.717) is 24.6 Å². The van der Waals surface area contributed by atoms with Gasteiger partial charge in [-0.2, -0.15) is 8.42 Å². The number of carbonyl (C=O) groups is 1. The van der Waals surface area contributed by atoms with E-state index in [1.54, 1.807) is 18.2 Å². The lowest BCUT2D eigenvalue weighted by Crippen LogP contribution is -2.49. The Hall–Kier alpha value is -2.87. The van der Waals surface area contributed by atoms with Gasteiger partial charge in [-0.25, -0.2) is 0 Å². The molecule has 158 valence electrons. The lowest BCUT2D eigenvalue weighted by atomic mass is 10.1. The van der Waals surface area contributed by atoms with Crippen LogP contribution in [0.1, 0.15) is 24.0 Å². The van der Waals surface area contributed by atoms with Crippen LogP contribution in [0.15, 0.2) is 51.8 Å². The molecule has 2 aromatic carbocycles. The van der Waals surface area contributed by atoms with Gasteiger partial charge in [0.15, 0.2) is 0 Å². The van der Waals surface area contributed by atoms with Gasteiger partial charge in [0, 0.05) is 44.7 Å². The maximum absolute atomic E-state index is 12.7. The third-order valence-electron chi connectivity index (χ3n) is 5.58. The molecule has 7 nitrogen and oxygen atoms in total. The van der Waals surface area contributed by atoms with E-state index in [0.717, 1.165) is 13.1 Å². The average molecular weight is 427 g/mol. The maximum Gasteiger partial charge on any atom is 0.286 e. The first-order valence-corrected chi connectivity index (χ1v) is 11.6. The number of hydrogen-bond acceptors (Lipinski definition) is 5. The summed E-state index contributed by atoms with van der Waals surface area (Å²) < 4.78 is 28.5. The number of amidine groups is 1. The first kappa shape index (κ1) is 20.4. The lowest BCUT2D eigenvalue weighted by Gasteiger charge is -2.37. The van der Waals surface area contributed by atoms with Crippen molar-refractivity contribution >= 4 is 33.1 Å². The number of aryl methyl sites for hydroxylation is 2. The summed E-state index contributed by atoms with van der Waals surface area (Å²) in [5.41, 5.74) is 4.22. The molecule has 0 aliphatic carbocycles. The van der Waals surface area contributed by atoms with Crippen molar-refractivity contribution in [2.24, 2.45) is 4.40 Å². The van der Waals surface area contributed by atoms with E-state index in [1.165, 1.54) is 22.9 Å². The lowest BCUT2D eigenvalue weighted by molar-refractivity contribution is -0.131. The molecule has 2 aliphatic heterocycles. The maximum atomic E-state index is 12.7. The molecule has 1 amide bonds. The first-order valence-electron chi connectivity index (χ1n) is 10.1. The van der Waals surface area contributed by atoms with Crippen molar-refractivity contribution in [2.75, 3.05) is 36.4 Å². The van der Waals surface area contributed by atoms with Crippen molar-refractivity contribution in [1.29, 1.82) is 0 Å². The topological polar surface area (TPSA) is 82.1 Å². The summed E-state index contributed by atoms with van der Waals surface area (Å²) in [7, 11) is -3.72. The number of rotatable bonds is 4. The van der Waals surface area contributed by atoms with Gasteiger partial charge in [-0.05, 0) is 37.6 Å². The molecule has 1 saturated heterocycles. The Morgan fingerprint density at radius 3 is 2.53 bits per heavy atom. The highest BCUT2D eigenvalue weighted by molar-refractivity contribution is 7.90. The smallest absolute Gasteiger partial charge is 0.286 e. The molecule has 2 aliphatic rings. The van der Waals surface area contributed by atoms with Crippen molar-refractivity contribution < 1.29 is 13.2 Å². The fourth-order valence-corrected chi connectivity index (χ4v) is 5.19. The molecule has 1 fully saturated rings. The predicted molar refractivity (Wildman–Crippen MR) is 119 cm³/mol. The Morgan fingerprint density at radius 1 is 1.07 bits per heavy atom. The van der Waals surface area contributed by atoms with Gasteiger partial charge in [-0.1, -0.05) is 29.8 Å². The number of piperazine rings is 1. The predicted octanol–water partition coefficient (Wildman–Crippen LogP) is 2.95. The number of para-hydroxylation sites is 1. The van der Waals surface area contributed by atoms with Crippen LogP contribution < -0.4 is 10.2 Å². The molecule has 0 aromatic heterocycles. The second kappa shape index (κ2) is 8.10. The van der Waals surface area contributed by atoms with Crippen molar-refractivity contribution in [1.82, 2.24) is 4.90 Å². The molecule has 30 heavy (non-hydrogen) atoms. The van der Waals surface area contributed by atoms with Crippen LogP contribution >= 0.6 is 0 Å². The summed E-state index contributed by atoms with van der Waals surface area (Å²) in [6.07, 6.45) is 0.497. The molecule has 2 aromatic rings. The summed E-state index contributed by atoms with van der Waals surface area (Å²) in [5, 5.41) is 3.04. The minimum absolute atomic E-state index is 0.0241. The monoisotopic (exact) mass is 426 g/mol. The standard InChI is InChI=1S/C22H26N4O3S/c1-16-7-8-19(17(2)15-16)25-11-13-26(14-12-25)22(27)10-9-21-23-18-5-3-4-6-20(18)30(28,29)24-21/h3-8,15H,9-14H2,1-2H3,(H,23,24). The van der Waals surface area contributed by atoms with Gasteiger partial charge in [-0.3, -0.25) is 4.79 Å². The number of hydrogen-bond donors (Lipinski definition) is 1. The molecule has 4 rings (SSSR count). The van der Waals surface area contributed by atoms with Crippen LogP contribution in [0.2, 0.25) is 0 Å². The number of nitrogens with zero attached hydrogens (tertiary/aromatic N) is 3. The van der Waals surface area contributed by atoms with Crippen LogP contribution in [0.3, 0.4) is 0 Å². The first-order chi connectivity index (χ1) is 14.3. The van der Waals surface area contributed by atoms with Gasteiger partial charge in [0.25, 0.3) is 10.0 Å². The minimum Gasteiger partial charge on any atom is -0.368 e. The largest absolute Gasteiger partial charge is 0.368 e. The zero-order valence-electron chi connectivity index (χ0n) is 17.3. The van der Waals surface area contributed by atoms with Gasteiger partial charge in [0.05, 0.1) is 5.69 Å². The molecule has 0 atom stereocenters. The van der Waals surface area contributed by atoms with E-state index in [9.17, 15) is 13.2 Å². The van der Waals surface area contributed by atoms with Crippen molar-refractivity contribution in [2.45, 2.75) is 31.6 Å². The highest BCUT2D eigenvalue weighted by Gasteiger charge is 2.26. The molecule has 0 radical (unpaired) electrons. The van der Waals surface area contributed by atoms with Gasteiger partial charge < -0.3 is 15.1 Å². The summed E-state index contributed by atoms with van der Waals surface area (Å²) in [6, 6.07) is 13.1. The number of amides is 1. The summed E-state index contributed by atoms with van der Waals surface area (Å²) in [4.78, 5) is 17.0. The van der Waals surface area contributed by atoms with E-state index in [1.807, 2.05) is 4.90 Å². The normalized spacial score (nSPS) is 17.7. The molecular formula is C22H26N4O3S. The Morgan fingerprint density at radius 2 is 1.80 bits per heavy atom.